The predicted octanol–water partition coefficient (Wildman–Crippen LogP) is 4.48. The van der Waals surface area contributed by atoms with Crippen LogP contribution in [0.2, 0.25) is 15.1 Å². The predicted molar refractivity (Wildman–Crippen MR) is 77.0 cm³/mol. The van der Waals surface area contributed by atoms with Gasteiger partial charge in [0.25, 0.3) is 0 Å². The number of hydrogen-bond acceptors (Lipinski definition) is 2. The van der Waals surface area contributed by atoms with Gasteiger partial charge in [0.2, 0.25) is 0 Å². The highest BCUT2D eigenvalue weighted by Crippen LogP contribution is 2.33. The summed E-state index contributed by atoms with van der Waals surface area (Å²) in [4.78, 5) is 0. The molecule has 0 saturated carbocycles. The van der Waals surface area contributed by atoms with Crippen LogP contribution in [0.3, 0.4) is 0 Å². The van der Waals surface area contributed by atoms with E-state index in [1.165, 1.54) is 12.1 Å². The quantitative estimate of drug-likeness (QED) is 0.492. The van der Waals surface area contributed by atoms with Gasteiger partial charge >= 0.3 is 0 Å². The Hall–Kier alpha value is -0.910. The highest BCUT2D eigenvalue weighted by Gasteiger charge is 2.23. The maximum atomic E-state index is 14.0. The summed E-state index contributed by atoms with van der Waals surface area (Å²) in [7, 11) is 0. The van der Waals surface area contributed by atoms with Gasteiger partial charge in [-0.3, -0.25) is 5.84 Å². The SMILES string of the molecule is NNC(c1cc(Cl)cc(Cl)c1)c1c(Cl)ccc(F)c1F. The van der Waals surface area contributed by atoms with Crippen LogP contribution >= 0.6 is 34.8 Å². The van der Waals surface area contributed by atoms with Gasteiger partial charge in [-0.1, -0.05) is 34.8 Å². The van der Waals surface area contributed by atoms with Crippen LogP contribution in [0.1, 0.15) is 17.2 Å². The fourth-order valence-corrected chi connectivity index (χ4v) is 2.69. The van der Waals surface area contributed by atoms with Crippen molar-refractivity contribution < 1.29 is 8.78 Å². The molecule has 106 valence electrons. The van der Waals surface area contributed by atoms with Crippen molar-refractivity contribution in [3.05, 3.63) is 68.2 Å². The highest BCUT2D eigenvalue weighted by molar-refractivity contribution is 6.34. The minimum absolute atomic E-state index is 0.0444. The Labute approximate surface area is 129 Å². The summed E-state index contributed by atoms with van der Waals surface area (Å²) in [5, 5.41) is 0.740. The average Bonchev–Trinajstić information content (AvgIpc) is 2.38. The van der Waals surface area contributed by atoms with Gasteiger partial charge in [0.05, 0.1) is 6.04 Å². The molecule has 0 spiro atoms. The van der Waals surface area contributed by atoms with E-state index in [1.54, 1.807) is 12.1 Å². The van der Waals surface area contributed by atoms with Crippen LogP contribution in [-0.4, -0.2) is 0 Å². The summed E-state index contributed by atoms with van der Waals surface area (Å²) in [5.74, 6) is 3.35. The Morgan fingerprint density at radius 1 is 1.00 bits per heavy atom. The van der Waals surface area contributed by atoms with Crippen LogP contribution in [0.4, 0.5) is 8.78 Å². The van der Waals surface area contributed by atoms with E-state index < -0.39 is 17.7 Å². The number of nitrogens with two attached hydrogens (primary N) is 1. The van der Waals surface area contributed by atoms with Crippen molar-refractivity contribution in [3.63, 3.8) is 0 Å². The van der Waals surface area contributed by atoms with Crippen LogP contribution in [0.15, 0.2) is 30.3 Å². The van der Waals surface area contributed by atoms with E-state index >= 15 is 0 Å². The van der Waals surface area contributed by atoms with Gasteiger partial charge in [-0.25, -0.2) is 14.2 Å². The van der Waals surface area contributed by atoms with E-state index in [-0.39, 0.29) is 10.6 Å². The molecule has 0 bridgehead atoms. The molecule has 3 N–H and O–H groups in total. The molecule has 0 aliphatic heterocycles. The lowest BCUT2D eigenvalue weighted by Crippen LogP contribution is -2.30. The van der Waals surface area contributed by atoms with Crippen LogP contribution in [0.25, 0.3) is 0 Å². The summed E-state index contributed by atoms with van der Waals surface area (Å²) >= 11 is 17.7. The van der Waals surface area contributed by atoms with E-state index in [2.05, 4.69) is 5.43 Å². The van der Waals surface area contributed by atoms with Crippen molar-refractivity contribution in [2.75, 3.05) is 0 Å². The number of rotatable bonds is 3. The topological polar surface area (TPSA) is 38.0 Å². The Bertz CT molecular complexity index is 630. The molecule has 2 nitrogen and oxygen atoms in total. The maximum absolute atomic E-state index is 14.0. The molecule has 7 heteroatoms. The lowest BCUT2D eigenvalue weighted by Gasteiger charge is -2.19. The Balaban J connectivity index is 2.61. The van der Waals surface area contributed by atoms with Gasteiger partial charge < -0.3 is 0 Å². The van der Waals surface area contributed by atoms with E-state index in [9.17, 15) is 8.78 Å². The second kappa shape index (κ2) is 6.24. The van der Waals surface area contributed by atoms with Crippen LogP contribution < -0.4 is 11.3 Å². The first-order chi connectivity index (χ1) is 9.43. The molecule has 0 heterocycles. The van der Waals surface area contributed by atoms with Gasteiger partial charge in [-0.2, -0.15) is 0 Å². The van der Waals surface area contributed by atoms with Gasteiger partial charge in [0.1, 0.15) is 0 Å². The first kappa shape index (κ1) is 15.5. The van der Waals surface area contributed by atoms with Crippen molar-refractivity contribution in [1.82, 2.24) is 5.43 Å². The number of hydrogen-bond donors (Lipinski definition) is 2. The van der Waals surface area contributed by atoms with Gasteiger partial charge in [-0.15, -0.1) is 0 Å². The minimum Gasteiger partial charge on any atom is -0.271 e. The first-order valence-electron chi connectivity index (χ1n) is 5.49. The normalized spacial score (nSPS) is 12.5. The number of halogens is 5. The van der Waals surface area contributed by atoms with E-state index in [0.717, 1.165) is 6.07 Å². The van der Waals surface area contributed by atoms with E-state index in [4.69, 9.17) is 40.6 Å². The second-order valence-electron chi connectivity index (χ2n) is 4.06. The molecule has 0 amide bonds. The molecule has 20 heavy (non-hydrogen) atoms. The maximum Gasteiger partial charge on any atom is 0.165 e. The Morgan fingerprint density at radius 3 is 2.15 bits per heavy atom. The molecule has 2 aromatic carbocycles. The third-order valence-corrected chi connectivity index (χ3v) is 3.52. The van der Waals surface area contributed by atoms with Crippen molar-refractivity contribution in [2.45, 2.75) is 6.04 Å². The fraction of sp³-hybridized carbons (Fsp3) is 0.0769. The average molecular weight is 338 g/mol. The Kier molecular flexibility index (Phi) is 4.83. The second-order valence-corrected chi connectivity index (χ2v) is 5.34. The molecule has 0 aliphatic carbocycles. The fourth-order valence-electron chi connectivity index (χ4n) is 1.90. The summed E-state index contributed by atoms with van der Waals surface area (Å²) in [5.41, 5.74) is 2.75. The van der Waals surface area contributed by atoms with E-state index in [0.29, 0.717) is 15.6 Å². The molecule has 0 fully saturated rings. The molecule has 1 unspecified atom stereocenters. The molecule has 0 saturated heterocycles. The zero-order valence-corrected chi connectivity index (χ0v) is 12.2. The largest absolute Gasteiger partial charge is 0.271 e. The number of nitrogens with one attached hydrogen (secondary N) is 1. The molecular weight excluding hydrogens is 329 g/mol. The van der Waals surface area contributed by atoms with Crippen LogP contribution in [-0.2, 0) is 0 Å². The molecule has 0 aliphatic rings. The zero-order chi connectivity index (χ0) is 14.9. The monoisotopic (exact) mass is 336 g/mol. The zero-order valence-electron chi connectivity index (χ0n) is 9.93. The van der Waals surface area contributed by atoms with Gasteiger partial charge in [-0.05, 0) is 35.9 Å². The first-order valence-corrected chi connectivity index (χ1v) is 6.63. The van der Waals surface area contributed by atoms with E-state index in [1.807, 2.05) is 0 Å². The number of hydrazine groups is 1. The minimum atomic E-state index is -1.07. The Morgan fingerprint density at radius 2 is 1.60 bits per heavy atom. The summed E-state index contributed by atoms with van der Waals surface area (Å²) in [6.45, 7) is 0. The van der Waals surface area contributed by atoms with Gasteiger partial charge in [0.15, 0.2) is 11.6 Å². The summed E-state index contributed by atoms with van der Waals surface area (Å²) in [6, 6.07) is 5.92. The molecule has 2 rings (SSSR count). The molecule has 2 aromatic rings. The smallest absolute Gasteiger partial charge is 0.165 e. The molecule has 0 radical (unpaired) electrons. The third-order valence-electron chi connectivity index (χ3n) is 2.75. The highest BCUT2D eigenvalue weighted by atomic mass is 35.5. The molecule has 1 atom stereocenters. The van der Waals surface area contributed by atoms with Gasteiger partial charge in [0, 0.05) is 20.6 Å². The lowest BCUT2D eigenvalue weighted by atomic mass is 9.98. The van der Waals surface area contributed by atoms with Crippen molar-refractivity contribution >= 4 is 34.8 Å². The standard InChI is InChI=1S/C13H9Cl3F2N2/c14-7-3-6(4-8(15)5-7)13(20-19)11-9(16)1-2-10(17)12(11)18/h1-5,13,20H,19H2. The van der Waals surface area contributed by atoms with Crippen molar-refractivity contribution in [2.24, 2.45) is 5.84 Å². The van der Waals surface area contributed by atoms with Crippen LogP contribution in [0.5, 0.6) is 0 Å². The van der Waals surface area contributed by atoms with Crippen molar-refractivity contribution in [3.8, 4) is 0 Å². The third kappa shape index (κ3) is 3.05. The molecule has 0 aromatic heterocycles. The lowest BCUT2D eigenvalue weighted by molar-refractivity contribution is 0.483. The number of benzene rings is 2. The van der Waals surface area contributed by atoms with Crippen molar-refractivity contribution in [1.29, 1.82) is 0 Å². The van der Waals surface area contributed by atoms with Crippen LogP contribution in [0, 0.1) is 11.6 Å². The molecular formula is C13H9Cl3F2N2. The summed E-state index contributed by atoms with van der Waals surface area (Å²) in [6.07, 6.45) is 0. The summed E-state index contributed by atoms with van der Waals surface area (Å²) < 4.78 is 27.3.